The first-order chi connectivity index (χ1) is 8.94. The van der Waals surface area contributed by atoms with Crippen molar-refractivity contribution in [3.63, 3.8) is 0 Å². The van der Waals surface area contributed by atoms with E-state index in [4.69, 9.17) is 0 Å². The summed E-state index contributed by atoms with van der Waals surface area (Å²) >= 11 is 6.66. The molecule has 1 aromatic rings. The molecular weight excluding hydrogens is 396 g/mol. The van der Waals surface area contributed by atoms with Crippen molar-refractivity contribution in [2.24, 2.45) is 0 Å². The van der Waals surface area contributed by atoms with Crippen LogP contribution in [0.2, 0.25) is 0 Å². The quantitative estimate of drug-likeness (QED) is 0.642. The summed E-state index contributed by atoms with van der Waals surface area (Å²) in [4.78, 5) is 0. The molecule has 1 rings (SSSR count). The molecule has 0 heterocycles. The molecule has 0 saturated carbocycles. The molecule has 19 heavy (non-hydrogen) atoms. The van der Waals surface area contributed by atoms with Gasteiger partial charge >= 0.3 is 0 Å². The van der Waals surface area contributed by atoms with Gasteiger partial charge in [-0.1, -0.05) is 22.9 Å². The van der Waals surface area contributed by atoms with Gasteiger partial charge in [0.15, 0.2) is 0 Å². The number of halogens is 2. The highest BCUT2D eigenvalue weighted by Gasteiger charge is 2.12. The minimum absolute atomic E-state index is 0.117. The van der Waals surface area contributed by atoms with E-state index in [1.807, 2.05) is 0 Å². The van der Waals surface area contributed by atoms with Crippen molar-refractivity contribution in [1.29, 1.82) is 0 Å². The van der Waals surface area contributed by atoms with Gasteiger partial charge in [-0.05, 0) is 60.1 Å². The second-order valence-electron chi connectivity index (χ2n) is 4.15. The summed E-state index contributed by atoms with van der Waals surface area (Å²) in [5, 5.41) is 3.18. The fraction of sp³-hybridized carbons (Fsp3) is 0.500. The number of anilines is 1. The molecule has 0 radical (unpaired) electrons. The topological polar surface area (TPSA) is 58.2 Å². The molecule has 0 aromatic heterocycles. The zero-order valence-corrected chi connectivity index (χ0v) is 14.7. The Hall–Kier alpha value is -0.110. The van der Waals surface area contributed by atoms with Crippen LogP contribution in [0.25, 0.3) is 0 Å². The van der Waals surface area contributed by atoms with E-state index in [0.29, 0.717) is 12.1 Å². The third-order valence-electron chi connectivity index (χ3n) is 2.39. The van der Waals surface area contributed by atoms with Crippen LogP contribution in [0.5, 0.6) is 0 Å². The van der Waals surface area contributed by atoms with Crippen LogP contribution in [-0.4, -0.2) is 27.3 Å². The van der Waals surface area contributed by atoms with Gasteiger partial charge < -0.3 is 5.32 Å². The smallest absolute Gasteiger partial charge is 0.232 e. The van der Waals surface area contributed by atoms with Crippen LogP contribution in [-0.2, 0) is 10.0 Å². The third-order valence-corrected chi connectivity index (χ3v) is 4.90. The molecule has 0 fully saturated rings. The molecule has 0 spiro atoms. The van der Waals surface area contributed by atoms with Gasteiger partial charge in [-0.25, -0.2) is 8.42 Å². The van der Waals surface area contributed by atoms with Crippen molar-refractivity contribution >= 4 is 47.6 Å². The maximum absolute atomic E-state index is 11.9. The highest BCUT2D eigenvalue weighted by atomic mass is 79.9. The molecule has 0 atom stereocenters. The van der Waals surface area contributed by atoms with Gasteiger partial charge in [0.25, 0.3) is 0 Å². The highest BCUT2D eigenvalue weighted by molar-refractivity contribution is 9.11. The van der Waals surface area contributed by atoms with E-state index in [1.54, 1.807) is 18.2 Å². The summed E-state index contributed by atoms with van der Waals surface area (Å²) in [6.07, 6.45) is 1.65. The van der Waals surface area contributed by atoms with Gasteiger partial charge in [0.05, 0.1) is 11.4 Å². The Labute approximate surface area is 131 Å². The van der Waals surface area contributed by atoms with Crippen LogP contribution >= 0.6 is 31.9 Å². The Balaban J connectivity index is 2.50. The summed E-state index contributed by atoms with van der Waals surface area (Å²) in [5.74, 6) is 0.117. The van der Waals surface area contributed by atoms with E-state index in [9.17, 15) is 8.42 Å². The van der Waals surface area contributed by atoms with Crippen molar-refractivity contribution in [2.75, 3.05) is 23.6 Å². The lowest BCUT2D eigenvalue weighted by atomic mass is 10.3. The Morgan fingerprint density at radius 1 is 1.21 bits per heavy atom. The van der Waals surface area contributed by atoms with Crippen LogP contribution < -0.4 is 10.0 Å². The van der Waals surface area contributed by atoms with Crippen LogP contribution in [0.4, 0.5) is 5.69 Å². The van der Waals surface area contributed by atoms with E-state index in [-0.39, 0.29) is 5.75 Å². The van der Waals surface area contributed by atoms with Gasteiger partial charge in [-0.15, -0.1) is 0 Å². The molecule has 0 amide bonds. The first kappa shape index (κ1) is 16.9. The number of benzene rings is 1. The van der Waals surface area contributed by atoms with Gasteiger partial charge in [-0.2, -0.15) is 0 Å². The van der Waals surface area contributed by atoms with Crippen molar-refractivity contribution in [3.8, 4) is 0 Å². The molecule has 0 aliphatic rings. The van der Waals surface area contributed by atoms with Gasteiger partial charge in [0.1, 0.15) is 0 Å². The molecule has 0 bridgehead atoms. The molecule has 108 valence electrons. The average molecular weight is 414 g/mol. The fourth-order valence-corrected chi connectivity index (χ4v) is 3.90. The average Bonchev–Trinajstić information content (AvgIpc) is 2.32. The zero-order valence-electron chi connectivity index (χ0n) is 10.7. The zero-order chi connectivity index (χ0) is 14.3. The number of sulfonamides is 1. The van der Waals surface area contributed by atoms with Gasteiger partial charge in [0.2, 0.25) is 10.0 Å². The first-order valence-corrected chi connectivity index (χ1v) is 9.34. The van der Waals surface area contributed by atoms with Crippen molar-refractivity contribution < 1.29 is 8.42 Å². The minimum Gasteiger partial charge on any atom is -0.317 e. The summed E-state index contributed by atoms with van der Waals surface area (Å²) in [5.41, 5.74) is 0.560. The van der Waals surface area contributed by atoms with Crippen LogP contribution in [0.15, 0.2) is 27.1 Å². The third kappa shape index (κ3) is 6.74. The predicted molar refractivity (Wildman–Crippen MR) is 87.0 cm³/mol. The molecule has 1 aromatic carbocycles. The number of rotatable bonds is 8. The van der Waals surface area contributed by atoms with E-state index < -0.39 is 10.0 Å². The minimum atomic E-state index is -3.29. The van der Waals surface area contributed by atoms with E-state index in [1.165, 1.54) is 0 Å². The Kier molecular flexibility index (Phi) is 7.35. The largest absolute Gasteiger partial charge is 0.317 e. The highest BCUT2D eigenvalue weighted by Crippen LogP contribution is 2.26. The van der Waals surface area contributed by atoms with Crippen LogP contribution in [0, 0.1) is 0 Å². The van der Waals surface area contributed by atoms with Crippen LogP contribution in [0.1, 0.15) is 19.8 Å². The van der Waals surface area contributed by atoms with Gasteiger partial charge in [0, 0.05) is 8.95 Å². The molecule has 2 N–H and O–H groups in total. The predicted octanol–water partition coefficient (Wildman–Crippen LogP) is 3.34. The Morgan fingerprint density at radius 2 is 1.95 bits per heavy atom. The van der Waals surface area contributed by atoms with E-state index in [0.717, 1.165) is 28.5 Å². The van der Waals surface area contributed by atoms with E-state index >= 15 is 0 Å². The summed E-state index contributed by atoms with van der Waals surface area (Å²) in [6.45, 7) is 3.72. The summed E-state index contributed by atoms with van der Waals surface area (Å²) in [7, 11) is -3.29. The molecule has 4 nitrogen and oxygen atoms in total. The number of hydrogen-bond acceptors (Lipinski definition) is 3. The monoisotopic (exact) mass is 412 g/mol. The standard InChI is InChI=1S/C12H18Br2N2O2S/c1-2-6-15-7-3-8-19(17,18)16-12-5-4-10(13)9-11(12)14/h4-5,9,15-16H,2-3,6-8H2,1H3. The van der Waals surface area contributed by atoms with Crippen molar-refractivity contribution in [3.05, 3.63) is 27.1 Å². The SMILES string of the molecule is CCCNCCCS(=O)(=O)Nc1ccc(Br)cc1Br. The number of nitrogens with one attached hydrogen (secondary N) is 2. The fourth-order valence-electron chi connectivity index (χ4n) is 1.48. The number of hydrogen-bond donors (Lipinski definition) is 2. The van der Waals surface area contributed by atoms with Crippen molar-refractivity contribution in [2.45, 2.75) is 19.8 Å². The van der Waals surface area contributed by atoms with Crippen LogP contribution in [0.3, 0.4) is 0 Å². The maximum Gasteiger partial charge on any atom is 0.232 e. The molecule has 0 aliphatic heterocycles. The lowest BCUT2D eigenvalue weighted by Gasteiger charge is -2.10. The van der Waals surface area contributed by atoms with Gasteiger partial charge in [-0.3, -0.25) is 4.72 Å². The molecule has 0 aliphatic carbocycles. The summed E-state index contributed by atoms with van der Waals surface area (Å²) in [6, 6.07) is 5.33. The first-order valence-electron chi connectivity index (χ1n) is 6.11. The second-order valence-corrected chi connectivity index (χ2v) is 7.76. The molecule has 7 heteroatoms. The molecule has 0 saturated heterocycles. The van der Waals surface area contributed by atoms with Crippen molar-refractivity contribution in [1.82, 2.24) is 5.32 Å². The summed E-state index contributed by atoms with van der Waals surface area (Å²) < 4.78 is 28.0. The lowest BCUT2D eigenvalue weighted by Crippen LogP contribution is -2.22. The maximum atomic E-state index is 11.9. The molecule has 0 unspecified atom stereocenters. The lowest BCUT2D eigenvalue weighted by molar-refractivity contribution is 0.593. The molecular formula is C12H18Br2N2O2S. The second kappa shape index (κ2) is 8.24. The Morgan fingerprint density at radius 3 is 2.58 bits per heavy atom. The Bertz CT molecular complexity index is 506. The van der Waals surface area contributed by atoms with E-state index in [2.05, 4.69) is 48.8 Å². The normalized spacial score (nSPS) is 11.5.